The fourth-order valence-electron chi connectivity index (χ4n) is 2.50. The van der Waals surface area contributed by atoms with Crippen LogP contribution in [0.15, 0.2) is 46.0 Å². The van der Waals surface area contributed by atoms with E-state index < -0.39 is 17.7 Å². The van der Waals surface area contributed by atoms with Gasteiger partial charge in [0.15, 0.2) is 0 Å². The summed E-state index contributed by atoms with van der Waals surface area (Å²) in [4.78, 5) is 12.2. The number of methoxy groups -OCH3 is 1. The lowest BCUT2D eigenvalue weighted by Crippen LogP contribution is -2.20. The van der Waals surface area contributed by atoms with Crippen molar-refractivity contribution in [1.82, 2.24) is 5.01 Å². The van der Waals surface area contributed by atoms with Gasteiger partial charge in [-0.3, -0.25) is 5.01 Å². The van der Waals surface area contributed by atoms with E-state index in [1.54, 1.807) is 30.3 Å². The van der Waals surface area contributed by atoms with Crippen LogP contribution in [0.2, 0.25) is 0 Å². The zero-order valence-corrected chi connectivity index (χ0v) is 17.1. The number of amides is 2. The third-order valence-electron chi connectivity index (χ3n) is 3.75. The summed E-state index contributed by atoms with van der Waals surface area (Å²) in [5.41, 5.74) is 1.62. The number of ether oxygens (including phenoxy) is 1. The molecule has 6 nitrogen and oxygen atoms in total. The van der Waals surface area contributed by atoms with E-state index in [-0.39, 0.29) is 5.69 Å². The van der Waals surface area contributed by atoms with Gasteiger partial charge in [0.1, 0.15) is 17.4 Å². The van der Waals surface area contributed by atoms with Crippen LogP contribution in [-0.2, 0) is 0 Å². The Kier molecular flexibility index (Phi) is 7.11. The monoisotopic (exact) mass is 452 g/mol. The number of nitrogens with one attached hydrogen (secondary N) is 2. The van der Waals surface area contributed by atoms with Crippen LogP contribution in [0.25, 0.3) is 5.70 Å². The molecule has 0 aromatic heterocycles. The first-order valence-electron chi connectivity index (χ1n) is 8.05. The second-order valence-corrected chi connectivity index (χ2v) is 6.85. The van der Waals surface area contributed by atoms with Crippen molar-refractivity contribution < 1.29 is 18.3 Å². The van der Waals surface area contributed by atoms with Gasteiger partial charge in [0.2, 0.25) is 0 Å². The molecule has 0 heterocycles. The number of rotatable bonds is 6. The van der Waals surface area contributed by atoms with Gasteiger partial charge in [0.05, 0.1) is 18.5 Å². The largest absolute Gasteiger partial charge is 0.496 e. The van der Waals surface area contributed by atoms with Crippen molar-refractivity contribution in [1.29, 1.82) is 0 Å². The Bertz CT molecular complexity index is 930. The Morgan fingerprint density at radius 2 is 1.93 bits per heavy atom. The molecule has 2 rings (SSSR count). The second kappa shape index (κ2) is 9.32. The highest BCUT2D eigenvalue weighted by Gasteiger charge is 2.16. The zero-order chi connectivity index (χ0) is 20.8. The van der Waals surface area contributed by atoms with Crippen LogP contribution in [0.1, 0.15) is 12.5 Å². The molecule has 9 heteroatoms. The quantitative estimate of drug-likeness (QED) is 0.464. The Balaban J connectivity index is 2.30. The zero-order valence-electron chi connectivity index (χ0n) is 15.5. The number of nitrogens with zero attached hydrogens (tertiary/aromatic N) is 2. The molecule has 2 N–H and O–H groups in total. The minimum absolute atomic E-state index is 0.139. The van der Waals surface area contributed by atoms with Crippen molar-refractivity contribution >= 4 is 45.8 Å². The van der Waals surface area contributed by atoms with Crippen LogP contribution >= 0.6 is 15.9 Å². The van der Waals surface area contributed by atoms with Crippen molar-refractivity contribution in [3.05, 3.63) is 58.1 Å². The molecule has 0 radical (unpaired) electrons. The SMILES string of the molecule is C=NN(C)/C(=C(\C)Br)c1cc(NC(=O)Nc2ccc(F)cc2F)ccc1OC. The lowest BCUT2D eigenvalue weighted by Gasteiger charge is -2.21. The molecule has 0 aliphatic rings. The minimum atomic E-state index is -0.871. The molecule has 28 heavy (non-hydrogen) atoms. The van der Waals surface area contributed by atoms with Gasteiger partial charge in [0.25, 0.3) is 0 Å². The maximum Gasteiger partial charge on any atom is 0.323 e. The molecule has 0 atom stereocenters. The molecule has 0 spiro atoms. The molecule has 0 fully saturated rings. The maximum absolute atomic E-state index is 13.7. The number of carbonyl (C=O) groups is 1. The molecule has 0 saturated heterocycles. The van der Waals surface area contributed by atoms with Gasteiger partial charge in [-0.25, -0.2) is 13.6 Å². The van der Waals surface area contributed by atoms with Crippen molar-refractivity contribution in [2.75, 3.05) is 24.8 Å². The first kappa shape index (κ1) is 21.4. The number of hydrazone groups is 1. The molecule has 148 valence electrons. The van der Waals surface area contributed by atoms with Crippen LogP contribution in [0.4, 0.5) is 25.0 Å². The van der Waals surface area contributed by atoms with Crippen LogP contribution in [0.3, 0.4) is 0 Å². The van der Waals surface area contributed by atoms with Gasteiger partial charge in [-0.05, 0) is 37.3 Å². The van der Waals surface area contributed by atoms with Gasteiger partial charge in [-0.1, -0.05) is 15.9 Å². The highest BCUT2D eigenvalue weighted by molar-refractivity contribution is 9.11. The van der Waals surface area contributed by atoms with Gasteiger partial charge in [-0.2, -0.15) is 5.10 Å². The summed E-state index contributed by atoms with van der Waals surface area (Å²) in [7, 11) is 3.25. The molecule has 0 unspecified atom stereocenters. The van der Waals surface area contributed by atoms with E-state index in [4.69, 9.17) is 4.74 Å². The van der Waals surface area contributed by atoms with Crippen molar-refractivity contribution in [3.8, 4) is 5.75 Å². The number of benzene rings is 2. The number of allylic oxidation sites excluding steroid dienone is 1. The van der Waals surface area contributed by atoms with E-state index in [1.165, 1.54) is 7.11 Å². The van der Waals surface area contributed by atoms with Crippen molar-refractivity contribution in [3.63, 3.8) is 0 Å². The summed E-state index contributed by atoms with van der Waals surface area (Å²) in [5.74, 6) is -1.04. The maximum atomic E-state index is 13.7. The van der Waals surface area contributed by atoms with Gasteiger partial charge >= 0.3 is 6.03 Å². The number of carbonyl (C=O) groups excluding carboxylic acids is 1. The second-order valence-electron chi connectivity index (χ2n) is 5.67. The Hall–Kier alpha value is -2.94. The summed E-state index contributed by atoms with van der Waals surface area (Å²) < 4.78 is 32.9. The Morgan fingerprint density at radius 3 is 2.50 bits per heavy atom. The third kappa shape index (κ3) is 5.07. The van der Waals surface area contributed by atoms with Crippen molar-refractivity contribution in [2.45, 2.75) is 6.92 Å². The highest BCUT2D eigenvalue weighted by atomic mass is 79.9. The average molecular weight is 453 g/mol. The molecule has 0 bridgehead atoms. The number of urea groups is 1. The van der Waals surface area contributed by atoms with Crippen LogP contribution < -0.4 is 15.4 Å². The summed E-state index contributed by atoms with van der Waals surface area (Å²) in [6.07, 6.45) is 0. The lowest BCUT2D eigenvalue weighted by molar-refractivity contribution is 0.262. The molecule has 0 aliphatic carbocycles. The summed E-state index contributed by atoms with van der Waals surface area (Å²) >= 11 is 3.44. The predicted molar refractivity (Wildman–Crippen MR) is 111 cm³/mol. The molecule has 2 aromatic rings. The van der Waals surface area contributed by atoms with Gasteiger partial charge in [0, 0.05) is 35.6 Å². The number of anilines is 2. The third-order valence-corrected chi connectivity index (χ3v) is 4.13. The van der Waals surface area contributed by atoms with Crippen LogP contribution in [-0.4, -0.2) is 31.9 Å². The van der Waals surface area contributed by atoms with Crippen LogP contribution in [0.5, 0.6) is 5.75 Å². The topological polar surface area (TPSA) is 66.0 Å². The van der Waals surface area contributed by atoms with E-state index in [2.05, 4.69) is 38.4 Å². The summed E-state index contributed by atoms with van der Waals surface area (Å²) in [6, 6.07) is 7.19. The fourth-order valence-corrected chi connectivity index (χ4v) is 2.97. The first-order chi connectivity index (χ1) is 13.3. The van der Waals surface area contributed by atoms with Crippen LogP contribution in [0, 0.1) is 11.6 Å². The Morgan fingerprint density at radius 1 is 1.21 bits per heavy atom. The molecular weight excluding hydrogens is 434 g/mol. The average Bonchev–Trinajstić information content (AvgIpc) is 2.64. The number of halogens is 3. The standard InChI is InChI=1S/C19H19BrF2N4O2/c1-11(20)18(26(3)23-2)14-10-13(6-8-17(14)28-4)24-19(27)25-16-7-5-12(21)9-15(16)22/h5-10H,2H2,1,3-4H3,(H2,24,25,27)/b18-11+. The van der Waals surface area contributed by atoms with E-state index >= 15 is 0 Å². The van der Waals surface area contributed by atoms with E-state index in [0.717, 1.165) is 16.6 Å². The first-order valence-corrected chi connectivity index (χ1v) is 8.84. The smallest absolute Gasteiger partial charge is 0.323 e. The summed E-state index contributed by atoms with van der Waals surface area (Å²) in [6.45, 7) is 5.35. The van der Waals surface area contributed by atoms with E-state index in [9.17, 15) is 13.6 Å². The van der Waals surface area contributed by atoms with Gasteiger partial charge < -0.3 is 15.4 Å². The van der Waals surface area contributed by atoms with E-state index in [0.29, 0.717) is 28.8 Å². The molecule has 0 aliphatic heterocycles. The fraction of sp³-hybridized carbons (Fsp3) is 0.158. The normalized spacial score (nSPS) is 11.4. The number of hydrogen-bond donors (Lipinski definition) is 2. The molecule has 2 amide bonds. The van der Waals surface area contributed by atoms with Gasteiger partial charge in [-0.15, -0.1) is 0 Å². The Labute approximate surface area is 170 Å². The lowest BCUT2D eigenvalue weighted by atomic mass is 10.1. The van der Waals surface area contributed by atoms with Crippen molar-refractivity contribution in [2.24, 2.45) is 5.10 Å². The predicted octanol–water partition coefficient (Wildman–Crippen LogP) is 5.25. The number of hydrogen-bond acceptors (Lipinski definition) is 4. The molecular formula is C19H19BrF2N4O2. The summed E-state index contributed by atoms with van der Waals surface area (Å²) in [5, 5.41) is 10.4. The molecule has 0 saturated carbocycles. The minimum Gasteiger partial charge on any atom is -0.496 e. The molecule has 2 aromatic carbocycles. The van der Waals surface area contributed by atoms with E-state index in [1.807, 2.05) is 6.92 Å². The highest BCUT2D eigenvalue weighted by Crippen LogP contribution is 2.34.